The second kappa shape index (κ2) is 12.6. The molecule has 46 heavy (non-hydrogen) atoms. The van der Waals surface area contributed by atoms with Crippen LogP contribution in [0.2, 0.25) is 0 Å². The van der Waals surface area contributed by atoms with Crippen LogP contribution in [0, 0.1) is 5.82 Å². The molecule has 5 rings (SSSR count). The molecule has 2 atom stereocenters. The zero-order valence-electron chi connectivity index (χ0n) is 26.2. The highest BCUT2D eigenvalue weighted by Crippen LogP contribution is 2.34. The Bertz CT molecular complexity index is 1690. The molecule has 0 spiro atoms. The first kappa shape index (κ1) is 32.1. The Hall–Kier alpha value is -5.27. The first-order chi connectivity index (χ1) is 21.7. The molecule has 0 unspecified atom stereocenters. The van der Waals surface area contributed by atoms with Crippen LogP contribution < -0.4 is 21.3 Å². The maximum absolute atomic E-state index is 14.9. The van der Waals surface area contributed by atoms with Crippen LogP contribution in [-0.4, -0.2) is 75.7 Å². The summed E-state index contributed by atoms with van der Waals surface area (Å²) in [6.07, 6.45) is 1.38. The van der Waals surface area contributed by atoms with E-state index in [9.17, 15) is 23.6 Å². The number of carbonyl (C=O) groups is 4. The van der Waals surface area contributed by atoms with Gasteiger partial charge in [0, 0.05) is 42.9 Å². The lowest BCUT2D eigenvalue weighted by atomic mass is 10.0. The smallest absolute Gasteiger partial charge is 0.420 e. The van der Waals surface area contributed by atoms with Crippen molar-refractivity contribution in [2.75, 3.05) is 29.0 Å². The van der Waals surface area contributed by atoms with Crippen molar-refractivity contribution in [3.63, 3.8) is 0 Å². The molecule has 13 nitrogen and oxygen atoms in total. The van der Waals surface area contributed by atoms with Crippen LogP contribution >= 0.6 is 0 Å². The number of hydrogen-bond donors (Lipinski definition) is 3. The Morgan fingerprint density at radius 3 is 2.61 bits per heavy atom. The molecular formula is C32H36FN7O6. The summed E-state index contributed by atoms with van der Waals surface area (Å²) >= 11 is 0. The molecule has 4 heterocycles. The quantitative estimate of drug-likeness (QED) is 0.349. The summed E-state index contributed by atoms with van der Waals surface area (Å²) in [6.45, 7) is 9.43. The Kier molecular flexibility index (Phi) is 8.81. The van der Waals surface area contributed by atoms with Crippen LogP contribution in [-0.2, 0) is 9.47 Å². The molecule has 3 aromatic rings. The topological polar surface area (TPSA) is 169 Å². The molecule has 0 bridgehead atoms. The second-order valence-corrected chi connectivity index (χ2v) is 12.4. The third kappa shape index (κ3) is 6.85. The third-order valence-corrected chi connectivity index (χ3v) is 7.34. The SMILES string of the molecule is CC(C)NC(=O)c1ccc(F)c(-c2ccc(N)c(C(=O)Nc3cnccc3N3CC[C@@H]4OC(=O)N(C(=O)OC(C)(C)C)[C@@H]4C3)n2)c1. The van der Waals surface area contributed by atoms with Crippen molar-refractivity contribution in [2.24, 2.45) is 0 Å². The molecule has 1 aromatic carbocycles. The van der Waals surface area contributed by atoms with Gasteiger partial charge in [0.1, 0.15) is 23.6 Å². The fourth-order valence-electron chi connectivity index (χ4n) is 5.31. The normalized spacial score (nSPS) is 17.8. The maximum Gasteiger partial charge on any atom is 0.420 e. The number of nitrogens with zero attached hydrogens (tertiary/aromatic N) is 4. The minimum atomic E-state index is -0.809. The number of nitrogen functional groups attached to an aromatic ring is 1. The summed E-state index contributed by atoms with van der Waals surface area (Å²) < 4.78 is 25.8. The molecule has 0 radical (unpaired) electrons. The minimum Gasteiger partial charge on any atom is -0.443 e. The molecule has 2 fully saturated rings. The fourth-order valence-corrected chi connectivity index (χ4v) is 5.31. The molecule has 2 aliphatic heterocycles. The van der Waals surface area contributed by atoms with Crippen molar-refractivity contribution in [3.05, 3.63) is 65.9 Å². The number of piperidine rings is 1. The summed E-state index contributed by atoms with van der Waals surface area (Å²) in [6, 6.07) is 7.78. The number of amides is 4. The lowest BCUT2D eigenvalue weighted by Crippen LogP contribution is -2.53. The number of rotatable bonds is 6. The van der Waals surface area contributed by atoms with Crippen LogP contribution in [0.15, 0.2) is 48.8 Å². The molecule has 0 saturated carbocycles. The monoisotopic (exact) mass is 633 g/mol. The van der Waals surface area contributed by atoms with Crippen molar-refractivity contribution >= 4 is 41.1 Å². The van der Waals surface area contributed by atoms with E-state index in [4.69, 9.17) is 15.2 Å². The molecule has 242 valence electrons. The van der Waals surface area contributed by atoms with Gasteiger partial charge >= 0.3 is 12.2 Å². The van der Waals surface area contributed by atoms with Crippen molar-refractivity contribution in [1.29, 1.82) is 0 Å². The van der Waals surface area contributed by atoms with Crippen molar-refractivity contribution in [1.82, 2.24) is 20.2 Å². The van der Waals surface area contributed by atoms with Crippen molar-refractivity contribution in [3.8, 4) is 11.3 Å². The summed E-state index contributed by atoms with van der Waals surface area (Å²) in [7, 11) is 0. The number of aromatic nitrogens is 2. The number of imide groups is 1. The van der Waals surface area contributed by atoms with Gasteiger partial charge in [-0.15, -0.1) is 0 Å². The third-order valence-electron chi connectivity index (χ3n) is 7.34. The van der Waals surface area contributed by atoms with E-state index >= 15 is 0 Å². The van der Waals surface area contributed by atoms with Gasteiger partial charge in [-0.05, 0) is 71.0 Å². The molecule has 0 aliphatic carbocycles. The van der Waals surface area contributed by atoms with E-state index in [-0.39, 0.29) is 46.7 Å². The number of hydrogen-bond acceptors (Lipinski definition) is 10. The highest BCUT2D eigenvalue weighted by Gasteiger charge is 2.49. The van der Waals surface area contributed by atoms with Gasteiger partial charge < -0.3 is 30.7 Å². The second-order valence-electron chi connectivity index (χ2n) is 12.4. The van der Waals surface area contributed by atoms with Gasteiger partial charge in [0.2, 0.25) is 0 Å². The molecule has 2 aliphatic rings. The van der Waals surface area contributed by atoms with E-state index in [0.29, 0.717) is 24.3 Å². The average Bonchev–Trinajstić information content (AvgIpc) is 3.31. The zero-order chi connectivity index (χ0) is 33.3. The highest BCUT2D eigenvalue weighted by molar-refractivity contribution is 6.08. The number of anilines is 3. The summed E-state index contributed by atoms with van der Waals surface area (Å²) in [5.74, 6) is -1.68. The summed E-state index contributed by atoms with van der Waals surface area (Å²) in [5, 5.41) is 5.56. The van der Waals surface area contributed by atoms with E-state index in [1.54, 1.807) is 33.0 Å². The number of ether oxygens (including phenoxy) is 2. The predicted octanol–water partition coefficient (Wildman–Crippen LogP) is 4.59. The number of benzene rings is 1. The first-order valence-corrected chi connectivity index (χ1v) is 14.8. The number of nitrogens with one attached hydrogen (secondary N) is 2. The Labute approximate surface area is 265 Å². The number of nitrogens with two attached hydrogens (primary N) is 1. The zero-order valence-corrected chi connectivity index (χ0v) is 26.2. The van der Waals surface area contributed by atoms with Crippen molar-refractivity contribution < 1.29 is 33.0 Å². The fraction of sp³-hybridized carbons (Fsp3) is 0.375. The van der Waals surface area contributed by atoms with Crippen molar-refractivity contribution in [2.45, 2.75) is 64.8 Å². The van der Waals surface area contributed by atoms with Gasteiger partial charge in [-0.25, -0.2) is 23.9 Å². The molecule has 14 heteroatoms. The Morgan fingerprint density at radius 2 is 1.89 bits per heavy atom. The van der Waals surface area contributed by atoms with E-state index in [1.807, 2.05) is 18.7 Å². The van der Waals surface area contributed by atoms with E-state index in [2.05, 4.69) is 20.6 Å². The summed E-state index contributed by atoms with van der Waals surface area (Å²) in [4.78, 5) is 63.0. The summed E-state index contributed by atoms with van der Waals surface area (Å²) in [5.41, 5.74) is 6.49. The van der Waals surface area contributed by atoms with Crippen LogP contribution in [0.5, 0.6) is 0 Å². The minimum absolute atomic E-state index is 0.0262. The predicted molar refractivity (Wildman–Crippen MR) is 168 cm³/mol. The Balaban J connectivity index is 1.38. The number of pyridine rings is 2. The van der Waals surface area contributed by atoms with Crippen LogP contribution in [0.3, 0.4) is 0 Å². The molecular weight excluding hydrogens is 597 g/mol. The van der Waals surface area contributed by atoms with E-state index in [0.717, 1.165) is 4.90 Å². The molecule has 4 amide bonds. The van der Waals surface area contributed by atoms with Crippen LogP contribution in [0.4, 0.5) is 31.0 Å². The van der Waals surface area contributed by atoms with Gasteiger partial charge in [-0.2, -0.15) is 0 Å². The maximum atomic E-state index is 14.9. The molecule has 2 aromatic heterocycles. The standard InChI is InChI=1S/C32H36FN7O6/c1-17(2)36-28(41)18-6-7-20(33)19(14-18)22-9-8-21(34)27(37-22)29(42)38-23-15-35-12-10-24(23)39-13-11-26-25(16-39)40(30(43)45-26)31(44)46-32(3,4)5/h6-10,12,14-15,17,25-26H,11,13,16,34H2,1-5H3,(H,36,41)(H,38,42)/t25-,26+/m1/s1. The highest BCUT2D eigenvalue weighted by atomic mass is 19.1. The van der Waals surface area contributed by atoms with E-state index in [1.165, 1.54) is 36.5 Å². The number of fused-ring (bicyclic) bond motifs is 1. The lowest BCUT2D eigenvalue weighted by Gasteiger charge is -2.37. The average molecular weight is 634 g/mol. The van der Waals surface area contributed by atoms with Crippen LogP contribution in [0.1, 0.15) is 61.9 Å². The van der Waals surface area contributed by atoms with Gasteiger partial charge in [0.15, 0.2) is 5.69 Å². The first-order valence-electron chi connectivity index (χ1n) is 14.8. The van der Waals surface area contributed by atoms with Crippen LogP contribution in [0.25, 0.3) is 11.3 Å². The van der Waals surface area contributed by atoms with Gasteiger partial charge in [-0.1, -0.05) is 0 Å². The van der Waals surface area contributed by atoms with E-state index < -0.39 is 41.7 Å². The van der Waals surface area contributed by atoms with Gasteiger partial charge in [0.25, 0.3) is 11.8 Å². The number of halogens is 1. The Morgan fingerprint density at radius 1 is 1.13 bits per heavy atom. The van der Waals surface area contributed by atoms with Gasteiger partial charge in [0.05, 0.1) is 29.0 Å². The molecule has 2 saturated heterocycles. The number of carbonyl (C=O) groups excluding carboxylic acids is 4. The largest absolute Gasteiger partial charge is 0.443 e. The molecule has 4 N–H and O–H groups in total. The van der Waals surface area contributed by atoms with Gasteiger partial charge in [-0.3, -0.25) is 14.6 Å². The lowest BCUT2D eigenvalue weighted by molar-refractivity contribution is 0.0285.